The molecule has 0 bridgehead atoms. The third kappa shape index (κ3) is 3.06. The molecule has 2 rings (SSSR count). The van der Waals surface area contributed by atoms with Gasteiger partial charge in [0, 0.05) is 18.5 Å². The lowest BCUT2D eigenvalue weighted by atomic mass is 9.89. The quantitative estimate of drug-likeness (QED) is 0.871. The topological polar surface area (TPSA) is 42.7 Å². The van der Waals surface area contributed by atoms with Crippen molar-refractivity contribution in [1.82, 2.24) is 20.1 Å². The van der Waals surface area contributed by atoms with Crippen LogP contribution >= 0.6 is 0 Å². The van der Waals surface area contributed by atoms with Crippen molar-refractivity contribution >= 4 is 0 Å². The molecule has 1 aromatic rings. The van der Waals surface area contributed by atoms with Crippen molar-refractivity contribution in [3.8, 4) is 0 Å². The summed E-state index contributed by atoms with van der Waals surface area (Å²) in [4.78, 5) is 4.39. The zero-order valence-corrected chi connectivity index (χ0v) is 11.2. The molecule has 1 saturated heterocycles. The number of hydrogen-bond acceptors (Lipinski definition) is 3. The molecule has 1 aliphatic heterocycles. The third-order valence-corrected chi connectivity index (χ3v) is 3.75. The van der Waals surface area contributed by atoms with E-state index in [1.807, 2.05) is 4.68 Å². The summed E-state index contributed by atoms with van der Waals surface area (Å²) in [6, 6.07) is 0.980. The van der Waals surface area contributed by atoms with E-state index in [1.54, 1.807) is 6.33 Å². The highest BCUT2D eigenvalue weighted by atomic mass is 15.3. The monoisotopic (exact) mass is 236 g/mol. The number of nitrogens with one attached hydrogen (secondary N) is 1. The Bertz CT molecular complexity index is 345. The van der Waals surface area contributed by atoms with Crippen molar-refractivity contribution in [1.29, 1.82) is 0 Å². The lowest BCUT2D eigenvalue weighted by Crippen LogP contribution is -2.40. The zero-order chi connectivity index (χ0) is 12.3. The summed E-state index contributed by atoms with van der Waals surface area (Å²) >= 11 is 0. The molecular weight excluding hydrogens is 212 g/mol. The molecule has 4 nitrogen and oxygen atoms in total. The molecule has 96 valence electrons. The van der Waals surface area contributed by atoms with Gasteiger partial charge >= 0.3 is 0 Å². The predicted molar refractivity (Wildman–Crippen MR) is 68.9 cm³/mol. The van der Waals surface area contributed by atoms with Crippen LogP contribution in [0.2, 0.25) is 0 Å². The third-order valence-electron chi connectivity index (χ3n) is 3.75. The average Bonchev–Trinajstić information content (AvgIpc) is 2.77. The Balaban J connectivity index is 1.98. The van der Waals surface area contributed by atoms with E-state index in [9.17, 15) is 0 Å². The maximum absolute atomic E-state index is 4.39. The first-order valence-electron chi connectivity index (χ1n) is 6.82. The molecule has 2 atom stereocenters. The first kappa shape index (κ1) is 12.6. The van der Waals surface area contributed by atoms with Gasteiger partial charge in [0.15, 0.2) is 0 Å². The van der Waals surface area contributed by atoms with E-state index >= 15 is 0 Å². The van der Waals surface area contributed by atoms with Gasteiger partial charge in [-0.15, -0.1) is 0 Å². The maximum Gasteiger partial charge on any atom is 0.138 e. The van der Waals surface area contributed by atoms with Gasteiger partial charge in [-0.25, -0.2) is 9.67 Å². The van der Waals surface area contributed by atoms with E-state index < -0.39 is 0 Å². The van der Waals surface area contributed by atoms with Crippen molar-refractivity contribution in [3.63, 3.8) is 0 Å². The number of nitrogens with zero attached hydrogens (tertiary/aromatic N) is 3. The molecule has 2 unspecified atom stereocenters. The minimum Gasteiger partial charge on any atom is -0.314 e. The van der Waals surface area contributed by atoms with Gasteiger partial charge in [0.2, 0.25) is 0 Å². The molecule has 2 heterocycles. The summed E-state index contributed by atoms with van der Waals surface area (Å²) in [7, 11) is 0. The van der Waals surface area contributed by atoms with Crippen LogP contribution in [-0.2, 0) is 6.42 Å². The summed E-state index contributed by atoms with van der Waals surface area (Å²) < 4.78 is 2.04. The Morgan fingerprint density at radius 2 is 2.35 bits per heavy atom. The highest BCUT2D eigenvalue weighted by molar-refractivity contribution is 4.93. The fourth-order valence-corrected chi connectivity index (χ4v) is 2.69. The molecule has 1 aromatic heterocycles. The molecule has 0 amide bonds. The summed E-state index contributed by atoms with van der Waals surface area (Å²) in [5.74, 6) is 2.01. The molecule has 1 fully saturated rings. The fraction of sp³-hybridized carbons (Fsp3) is 0.846. The van der Waals surface area contributed by atoms with Gasteiger partial charge in [0.1, 0.15) is 12.2 Å². The second-order valence-corrected chi connectivity index (χ2v) is 5.37. The number of piperidine rings is 1. The smallest absolute Gasteiger partial charge is 0.138 e. The predicted octanol–water partition coefficient (Wildman–Crippen LogP) is 2.18. The van der Waals surface area contributed by atoms with Crippen molar-refractivity contribution in [2.24, 2.45) is 5.92 Å². The second kappa shape index (κ2) is 5.63. The Hall–Kier alpha value is -0.900. The van der Waals surface area contributed by atoms with E-state index in [-0.39, 0.29) is 0 Å². The molecule has 0 aromatic carbocycles. The van der Waals surface area contributed by atoms with Crippen LogP contribution in [0.3, 0.4) is 0 Å². The van der Waals surface area contributed by atoms with Crippen molar-refractivity contribution in [3.05, 3.63) is 12.2 Å². The number of rotatable bonds is 4. The van der Waals surface area contributed by atoms with E-state index in [4.69, 9.17) is 0 Å². The van der Waals surface area contributed by atoms with Crippen LogP contribution in [0.15, 0.2) is 6.33 Å². The van der Waals surface area contributed by atoms with E-state index in [2.05, 4.69) is 36.2 Å². The molecule has 4 heteroatoms. The van der Waals surface area contributed by atoms with Gasteiger partial charge in [0.25, 0.3) is 0 Å². The standard InChI is InChI=1S/C13H24N4/c1-4-11-5-6-14-12(7-11)8-13-15-9-16-17(13)10(2)3/h9-12,14H,4-8H2,1-3H3. The summed E-state index contributed by atoms with van der Waals surface area (Å²) in [5, 5.41) is 7.90. The molecule has 17 heavy (non-hydrogen) atoms. The van der Waals surface area contributed by atoms with Crippen LogP contribution < -0.4 is 5.32 Å². The maximum atomic E-state index is 4.39. The van der Waals surface area contributed by atoms with Crippen molar-refractivity contribution in [2.75, 3.05) is 6.54 Å². The zero-order valence-electron chi connectivity index (χ0n) is 11.2. The van der Waals surface area contributed by atoms with Crippen LogP contribution in [-0.4, -0.2) is 27.4 Å². The van der Waals surface area contributed by atoms with Crippen molar-refractivity contribution < 1.29 is 0 Å². The van der Waals surface area contributed by atoms with Crippen LogP contribution in [0.25, 0.3) is 0 Å². The van der Waals surface area contributed by atoms with Gasteiger partial charge in [-0.3, -0.25) is 0 Å². The van der Waals surface area contributed by atoms with Crippen molar-refractivity contribution in [2.45, 2.75) is 58.5 Å². The average molecular weight is 236 g/mol. The van der Waals surface area contributed by atoms with Gasteiger partial charge in [-0.2, -0.15) is 5.10 Å². The van der Waals surface area contributed by atoms with E-state index in [0.29, 0.717) is 12.1 Å². The Kier molecular flexibility index (Phi) is 4.15. The van der Waals surface area contributed by atoms with Crippen LogP contribution in [0, 0.1) is 5.92 Å². The first-order valence-corrected chi connectivity index (χ1v) is 6.82. The molecule has 0 spiro atoms. The molecule has 0 saturated carbocycles. The van der Waals surface area contributed by atoms with Gasteiger partial charge < -0.3 is 5.32 Å². The number of aromatic nitrogens is 3. The first-order chi connectivity index (χ1) is 8.20. The van der Waals surface area contributed by atoms with Gasteiger partial charge in [-0.1, -0.05) is 13.3 Å². The lowest BCUT2D eigenvalue weighted by Gasteiger charge is -2.29. The minimum absolute atomic E-state index is 0.401. The van der Waals surface area contributed by atoms with E-state index in [0.717, 1.165) is 24.7 Å². The number of hydrogen-bond donors (Lipinski definition) is 1. The van der Waals surface area contributed by atoms with Crippen LogP contribution in [0.5, 0.6) is 0 Å². The minimum atomic E-state index is 0.401. The Labute approximate surface area is 104 Å². The van der Waals surface area contributed by atoms with Gasteiger partial charge in [-0.05, 0) is 39.2 Å². The molecule has 0 aliphatic carbocycles. The molecule has 1 N–H and O–H groups in total. The van der Waals surface area contributed by atoms with E-state index in [1.165, 1.54) is 19.3 Å². The van der Waals surface area contributed by atoms with Crippen LogP contribution in [0.4, 0.5) is 0 Å². The SMILES string of the molecule is CCC1CCNC(Cc2ncnn2C(C)C)C1. The highest BCUT2D eigenvalue weighted by Crippen LogP contribution is 2.21. The second-order valence-electron chi connectivity index (χ2n) is 5.37. The fourth-order valence-electron chi connectivity index (χ4n) is 2.69. The van der Waals surface area contributed by atoms with Gasteiger partial charge in [0.05, 0.1) is 0 Å². The lowest BCUT2D eigenvalue weighted by molar-refractivity contribution is 0.288. The summed E-state index contributed by atoms with van der Waals surface area (Å²) in [6.07, 6.45) is 6.59. The highest BCUT2D eigenvalue weighted by Gasteiger charge is 2.22. The summed E-state index contributed by atoms with van der Waals surface area (Å²) in [6.45, 7) is 7.76. The normalized spacial score (nSPS) is 25.4. The largest absolute Gasteiger partial charge is 0.314 e. The van der Waals surface area contributed by atoms with Crippen LogP contribution in [0.1, 0.15) is 51.9 Å². The molecular formula is C13H24N4. The Morgan fingerprint density at radius 3 is 3.06 bits per heavy atom. The summed E-state index contributed by atoms with van der Waals surface area (Å²) in [5.41, 5.74) is 0. The molecule has 1 aliphatic rings. The Morgan fingerprint density at radius 1 is 1.53 bits per heavy atom. The molecule has 0 radical (unpaired) electrons.